The van der Waals surface area contributed by atoms with Crippen LogP contribution >= 0.6 is 8.60 Å². The number of ether oxygens (including phenoxy) is 1. The van der Waals surface area contributed by atoms with Crippen molar-refractivity contribution in [3.63, 3.8) is 0 Å². The SMILES string of the molecule is CCCCCCCCCCCCCCCCCCNC(=O)OCC12COP(OC1)OC2. The van der Waals surface area contributed by atoms with Crippen LogP contribution < -0.4 is 5.32 Å². The third-order valence-corrected chi connectivity index (χ3v) is 7.26. The number of fused-ring (bicyclic) bond motifs is 3. The molecule has 1 amide bonds. The van der Waals surface area contributed by atoms with E-state index in [-0.39, 0.29) is 18.1 Å². The van der Waals surface area contributed by atoms with Crippen LogP contribution in [0.25, 0.3) is 0 Å². The molecule has 1 N–H and O–H groups in total. The number of unbranched alkanes of at least 4 members (excludes halogenated alkanes) is 15. The van der Waals surface area contributed by atoms with Gasteiger partial charge in [0.2, 0.25) is 0 Å². The van der Waals surface area contributed by atoms with Gasteiger partial charge in [-0.1, -0.05) is 103 Å². The van der Waals surface area contributed by atoms with Crippen molar-refractivity contribution in [2.24, 2.45) is 5.41 Å². The lowest BCUT2D eigenvalue weighted by Crippen LogP contribution is -2.47. The van der Waals surface area contributed by atoms with Crippen molar-refractivity contribution in [1.29, 1.82) is 0 Å². The number of carbonyl (C=O) groups is 1. The number of hydrogen-bond donors (Lipinski definition) is 1. The fraction of sp³-hybridized carbons (Fsp3) is 0.958. The summed E-state index contributed by atoms with van der Waals surface area (Å²) >= 11 is 0. The quantitative estimate of drug-likeness (QED) is 0.163. The molecule has 0 aromatic rings. The van der Waals surface area contributed by atoms with Gasteiger partial charge in [0.05, 0.1) is 25.2 Å². The molecule has 3 heterocycles. The van der Waals surface area contributed by atoms with E-state index in [4.69, 9.17) is 18.3 Å². The molecular formula is C24H46NO5P. The van der Waals surface area contributed by atoms with Crippen LogP contribution in [0, 0.1) is 5.41 Å². The molecule has 0 atom stereocenters. The lowest BCUT2D eigenvalue weighted by Gasteiger charge is -2.43. The van der Waals surface area contributed by atoms with Gasteiger partial charge < -0.3 is 23.6 Å². The maximum absolute atomic E-state index is 11.9. The number of nitrogens with one attached hydrogen (secondary N) is 1. The maximum Gasteiger partial charge on any atom is 0.407 e. The van der Waals surface area contributed by atoms with Gasteiger partial charge in [-0.2, -0.15) is 0 Å². The number of amides is 1. The molecule has 0 aliphatic carbocycles. The van der Waals surface area contributed by atoms with E-state index in [0.29, 0.717) is 26.4 Å². The van der Waals surface area contributed by atoms with Gasteiger partial charge in [0.1, 0.15) is 6.61 Å². The zero-order valence-corrected chi connectivity index (χ0v) is 20.7. The normalized spacial score (nSPS) is 22.5. The number of alkyl carbamates (subject to hydrolysis) is 1. The minimum Gasteiger partial charge on any atom is -0.449 e. The van der Waals surface area contributed by atoms with Gasteiger partial charge in [-0.15, -0.1) is 0 Å². The predicted octanol–water partition coefficient (Wildman–Crippen LogP) is 7.26. The summed E-state index contributed by atoms with van der Waals surface area (Å²) in [6.07, 6.45) is 21.3. The van der Waals surface area contributed by atoms with Gasteiger partial charge in [0.25, 0.3) is 0 Å². The van der Waals surface area contributed by atoms with E-state index in [1.54, 1.807) is 0 Å². The molecule has 3 saturated heterocycles. The summed E-state index contributed by atoms with van der Waals surface area (Å²) in [6.45, 7) is 4.88. The van der Waals surface area contributed by atoms with Gasteiger partial charge in [-0.3, -0.25) is 0 Å². The zero-order valence-electron chi connectivity index (χ0n) is 19.8. The Morgan fingerprint density at radius 3 is 1.61 bits per heavy atom. The van der Waals surface area contributed by atoms with Gasteiger partial charge in [0.15, 0.2) is 0 Å². The van der Waals surface area contributed by atoms with Gasteiger partial charge in [-0.25, -0.2) is 4.79 Å². The van der Waals surface area contributed by atoms with Crippen LogP contribution in [0.1, 0.15) is 110 Å². The number of rotatable bonds is 19. The smallest absolute Gasteiger partial charge is 0.407 e. The molecule has 31 heavy (non-hydrogen) atoms. The fourth-order valence-electron chi connectivity index (χ4n) is 4.06. The van der Waals surface area contributed by atoms with Crippen LogP contribution in [0.15, 0.2) is 0 Å². The first-order valence-corrected chi connectivity index (χ1v) is 13.9. The molecule has 2 bridgehead atoms. The Labute approximate surface area is 191 Å². The molecule has 0 spiro atoms. The second-order valence-electron chi connectivity index (χ2n) is 9.35. The van der Waals surface area contributed by atoms with Crippen LogP contribution in [0.3, 0.4) is 0 Å². The van der Waals surface area contributed by atoms with Crippen molar-refractivity contribution in [3.05, 3.63) is 0 Å². The van der Waals surface area contributed by atoms with E-state index in [1.165, 1.54) is 96.3 Å². The van der Waals surface area contributed by atoms with Crippen LogP contribution in [0.5, 0.6) is 0 Å². The molecule has 0 unspecified atom stereocenters. The average Bonchev–Trinajstić information content (AvgIpc) is 2.81. The minimum atomic E-state index is -1.14. The molecular weight excluding hydrogens is 413 g/mol. The molecule has 0 aromatic heterocycles. The lowest BCUT2D eigenvalue weighted by molar-refractivity contribution is -0.0979. The van der Waals surface area contributed by atoms with Crippen LogP contribution in [0.2, 0.25) is 0 Å². The maximum atomic E-state index is 11.9. The van der Waals surface area contributed by atoms with Gasteiger partial charge >= 0.3 is 14.7 Å². The van der Waals surface area contributed by atoms with Crippen LogP contribution in [0.4, 0.5) is 4.79 Å². The van der Waals surface area contributed by atoms with Crippen LogP contribution in [-0.4, -0.2) is 39.1 Å². The minimum absolute atomic E-state index is 0.279. The Hall–Kier alpha value is -0.420. The van der Waals surface area contributed by atoms with Crippen molar-refractivity contribution in [3.8, 4) is 0 Å². The lowest BCUT2D eigenvalue weighted by atomic mass is 9.92. The first kappa shape index (κ1) is 26.8. The molecule has 3 fully saturated rings. The number of carbonyl (C=O) groups excluding carboxylic acids is 1. The first-order chi connectivity index (χ1) is 15.2. The zero-order chi connectivity index (χ0) is 22.0. The molecule has 0 radical (unpaired) electrons. The van der Waals surface area contributed by atoms with Crippen molar-refractivity contribution < 1.29 is 23.1 Å². The number of hydrogen-bond acceptors (Lipinski definition) is 5. The van der Waals surface area contributed by atoms with Gasteiger partial charge in [-0.05, 0) is 6.42 Å². The van der Waals surface area contributed by atoms with E-state index in [9.17, 15) is 4.79 Å². The Bertz CT molecular complexity index is 443. The topological polar surface area (TPSA) is 66.0 Å². The standard InChI is InChI=1S/C24H46NO5P/c1-2-3-4-5-6-7-8-9-10-11-12-13-14-15-16-17-18-25-23(26)27-19-24-20-28-31(29-21-24)30-22-24/h2-22H2,1H3,(H,25,26). The van der Waals surface area contributed by atoms with Gasteiger partial charge in [0, 0.05) is 6.54 Å². The predicted molar refractivity (Wildman–Crippen MR) is 126 cm³/mol. The summed E-state index contributed by atoms with van der Waals surface area (Å²) in [4.78, 5) is 11.9. The molecule has 0 saturated carbocycles. The molecule has 7 heteroatoms. The van der Waals surface area contributed by atoms with Crippen molar-refractivity contribution in [2.45, 2.75) is 110 Å². The summed E-state index contributed by atoms with van der Waals surface area (Å²) in [5.74, 6) is 0. The Balaban J connectivity index is 1.27. The van der Waals surface area contributed by atoms with E-state index < -0.39 is 8.60 Å². The van der Waals surface area contributed by atoms with Crippen LogP contribution in [-0.2, 0) is 18.3 Å². The Kier molecular flexibility index (Phi) is 14.8. The van der Waals surface area contributed by atoms with E-state index in [2.05, 4.69) is 12.2 Å². The molecule has 0 aromatic carbocycles. The average molecular weight is 460 g/mol. The van der Waals surface area contributed by atoms with E-state index in [1.807, 2.05) is 0 Å². The van der Waals surface area contributed by atoms with E-state index in [0.717, 1.165) is 6.42 Å². The summed E-state index contributed by atoms with van der Waals surface area (Å²) in [6, 6.07) is 0. The molecule has 6 nitrogen and oxygen atoms in total. The molecule has 3 rings (SSSR count). The van der Waals surface area contributed by atoms with Crippen molar-refractivity contribution in [2.75, 3.05) is 33.0 Å². The Morgan fingerprint density at radius 1 is 0.742 bits per heavy atom. The first-order valence-electron chi connectivity index (χ1n) is 12.8. The monoisotopic (exact) mass is 459 g/mol. The second kappa shape index (κ2) is 17.1. The second-order valence-corrected chi connectivity index (χ2v) is 10.6. The summed E-state index contributed by atoms with van der Waals surface area (Å²) in [7, 11) is -1.14. The third-order valence-electron chi connectivity index (χ3n) is 6.24. The highest BCUT2D eigenvalue weighted by Gasteiger charge is 2.45. The molecule has 182 valence electrons. The molecule has 3 aliphatic heterocycles. The summed E-state index contributed by atoms with van der Waals surface area (Å²) in [5, 5.41) is 2.85. The Morgan fingerprint density at radius 2 is 1.16 bits per heavy atom. The largest absolute Gasteiger partial charge is 0.449 e. The van der Waals surface area contributed by atoms with E-state index >= 15 is 0 Å². The summed E-state index contributed by atoms with van der Waals surface area (Å²) in [5.41, 5.74) is -0.331. The fourth-order valence-corrected chi connectivity index (χ4v) is 5.43. The highest BCUT2D eigenvalue weighted by Crippen LogP contribution is 2.53. The van der Waals surface area contributed by atoms with Crippen molar-refractivity contribution in [1.82, 2.24) is 5.32 Å². The highest BCUT2D eigenvalue weighted by atomic mass is 31.2. The van der Waals surface area contributed by atoms with Crippen molar-refractivity contribution >= 4 is 14.7 Å². The summed E-state index contributed by atoms with van der Waals surface area (Å²) < 4.78 is 21.6. The highest BCUT2D eigenvalue weighted by molar-refractivity contribution is 7.41. The molecule has 3 aliphatic rings. The third kappa shape index (κ3) is 12.4.